The van der Waals surface area contributed by atoms with Crippen LogP contribution in [0.25, 0.3) is 0 Å². The van der Waals surface area contributed by atoms with E-state index in [1.54, 1.807) is 0 Å². The Morgan fingerprint density at radius 2 is 1.74 bits per heavy atom. The molecule has 2 atom stereocenters. The number of ether oxygens (including phenoxy) is 1. The van der Waals surface area contributed by atoms with Crippen LogP contribution in [-0.4, -0.2) is 34.5 Å². The van der Waals surface area contributed by atoms with E-state index in [1.807, 2.05) is 31.7 Å². The first-order valence-electron chi connectivity index (χ1n) is 10.2. The van der Waals surface area contributed by atoms with E-state index >= 15 is 0 Å². The van der Waals surface area contributed by atoms with E-state index in [0.29, 0.717) is 12.2 Å². The summed E-state index contributed by atoms with van der Waals surface area (Å²) in [5.41, 5.74) is 3.11. The van der Waals surface area contributed by atoms with Gasteiger partial charge in [-0.3, -0.25) is 4.79 Å². The maximum absolute atomic E-state index is 13.0. The molecule has 0 aliphatic carbocycles. The van der Waals surface area contributed by atoms with Crippen LogP contribution in [0.15, 0.2) is 18.2 Å². The van der Waals surface area contributed by atoms with Crippen LogP contribution >= 0.6 is 0 Å². The van der Waals surface area contributed by atoms with E-state index in [2.05, 4.69) is 26.0 Å². The fourth-order valence-electron chi connectivity index (χ4n) is 4.59. The number of carbonyl (C=O) groups is 2. The highest BCUT2D eigenvalue weighted by Gasteiger charge is 2.44. The first-order chi connectivity index (χ1) is 12.7. The Labute approximate surface area is 163 Å². The molecule has 2 saturated heterocycles. The standard InChI is InChI=1S/C23H33NO3/c1-15-8-6-9-17(16(15)2)14-21(25)18-12-19-10-7-11-20(13-18)24(19)22(26)27-23(3,4)5/h6,8-9,18-20H,7,10-14H2,1-5H3. The molecule has 4 nitrogen and oxygen atoms in total. The van der Waals surface area contributed by atoms with E-state index in [1.165, 1.54) is 11.1 Å². The molecule has 0 aromatic heterocycles. The fraction of sp³-hybridized carbons (Fsp3) is 0.652. The predicted octanol–water partition coefficient (Wildman–Crippen LogP) is 4.98. The van der Waals surface area contributed by atoms with Crippen molar-refractivity contribution in [2.45, 2.75) is 90.8 Å². The third-order valence-electron chi connectivity index (χ3n) is 6.12. The number of rotatable bonds is 3. The zero-order chi connectivity index (χ0) is 19.8. The van der Waals surface area contributed by atoms with Gasteiger partial charge in [-0.1, -0.05) is 18.2 Å². The highest BCUT2D eigenvalue weighted by atomic mass is 16.6. The van der Waals surface area contributed by atoms with E-state index in [9.17, 15) is 9.59 Å². The molecule has 27 heavy (non-hydrogen) atoms. The SMILES string of the molecule is Cc1cccc(CC(=O)C2CC3CCCC(C2)N3C(=O)OC(C)(C)C)c1C. The van der Waals surface area contributed by atoms with Crippen molar-refractivity contribution in [3.63, 3.8) is 0 Å². The number of hydrogen-bond acceptors (Lipinski definition) is 3. The number of carbonyl (C=O) groups excluding carboxylic acids is 2. The lowest BCUT2D eigenvalue weighted by Gasteiger charge is -2.48. The minimum atomic E-state index is -0.485. The lowest BCUT2D eigenvalue weighted by Crippen LogP contribution is -2.56. The number of Topliss-reactive ketones (excluding diaryl/α,β-unsaturated/α-hetero) is 1. The van der Waals surface area contributed by atoms with Crippen LogP contribution in [0.4, 0.5) is 4.79 Å². The van der Waals surface area contributed by atoms with Gasteiger partial charge in [0.1, 0.15) is 11.4 Å². The van der Waals surface area contributed by atoms with Crippen LogP contribution in [0, 0.1) is 19.8 Å². The van der Waals surface area contributed by atoms with E-state index in [-0.39, 0.29) is 24.1 Å². The second-order valence-corrected chi connectivity index (χ2v) is 9.30. The number of aryl methyl sites for hydroxylation is 1. The van der Waals surface area contributed by atoms with Crippen LogP contribution < -0.4 is 0 Å². The normalized spacial score (nSPS) is 25.2. The van der Waals surface area contributed by atoms with Gasteiger partial charge in [0.2, 0.25) is 0 Å². The summed E-state index contributed by atoms with van der Waals surface area (Å²) in [7, 11) is 0. The number of amides is 1. The average Bonchev–Trinajstić information content (AvgIpc) is 2.56. The molecule has 1 amide bonds. The molecule has 4 heteroatoms. The number of hydrogen-bond donors (Lipinski definition) is 0. The van der Waals surface area contributed by atoms with Gasteiger partial charge in [-0.25, -0.2) is 4.79 Å². The summed E-state index contributed by atoms with van der Waals surface area (Å²) >= 11 is 0. The molecule has 2 aliphatic rings. The summed E-state index contributed by atoms with van der Waals surface area (Å²) < 4.78 is 5.64. The van der Waals surface area contributed by atoms with Crippen LogP contribution in [0.1, 0.15) is 69.6 Å². The van der Waals surface area contributed by atoms with Crippen molar-refractivity contribution in [2.24, 2.45) is 5.92 Å². The van der Waals surface area contributed by atoms with Gasteiger partial charge in [0, 0.05) is 24.4 Å². The average molecular weight is 372 g/mol. The van der Waals surface area contributed by atoms with Crippen molar-refractivity contribution in [1.82, 2.24) is 4.90 Å². The third-order valence-corrected chi connectivity index (χ3v) is 6.12. The fourth-order valence-corrected chi connectivity index (χ4v) is 4.59. The van der Waals surface area contributed by atoms with Gasteiger partial charge >= 0.3 is 6.09 Å². The van der Waals surface area contributed by atoms with E-state index in [4.69, 9.17) is 4.74 Å². The number of nitrogens with zero attached hydrogens (tertiary/aromatic N) is 1. The number of piperidine rings is 2. The van der Waals surface area contributed by atoms with Gasteiger partial charge < -0.3 is 9.64 Å². The van der Waals surface area contributed by atoms with Crippen molar-refractivity contribution >= 4 is 11.9 Å². The molecule has 148 valence electrons. The Morgan fingerprint density at radius 1 is 1.11 bits per heavy atom. The third kappa shape index (κ3) is 4.53. The van der Waals surface area contributed by atoms with Crippen LogP contribution in [-0.2, 0) is 16.0 Å². The van der Waals surface area contributed by atoms with Gasteiger partial charge in [0.25, 0.3) is 0 Å². The van der Waals surface area contributed by atoms with Crippen molar-refractivity contribution in [1.29, 1.82) is 0 Å². The Bertz CT molecular complexity index is 705. The van der Waals surface area contributed by atoms with Crippen molar-refractivity contribution < 1.29 is 14.3 Å². The van der Waals surface area contributed by atoms with Crippen LogP contribution in [0.2, 0.25) is 0 Å². The molecule has 3 rings (SSSR count). The molecule has 0 spiro atoms. The number of benzene rings is 1. The van der Waals surface area contributed by atoms with Gasteiger partial charge in [-0.05, 0) is 83.4 Å². The molecular formula is C23H33NO3. The van der Waals surface area contributed by atoms with Crippen molar-refractivity contribution in [3.05, 3.63) is 34.9 Å². The molecule has 2 unspecified atom stereocenters. The Kier molecular flexibility index (Phi) is 5.64. The smallest absolute Gasteiger partial charge is 0.410 e. The molecule has 0 N–H and O–H groups in total. The van der Waals surface area contributed by atoms with Crippen molar-refractivity contribution in [3.8, 4) is 0 Å². The second kappa shape index (κ2) is 7.65. The summed E-state index contributed by atoms with van der Waals surface area (Å²) in [6.45, 7) is 9.90. The van der Waals surface area contributed by atoms with E-state index in [0.717, 1.165) is 37.7 Å². The monoisotopic (exact) mass is 371 g/mol. The molecule has 2 fully saturated rings. The highest BCUT2D eigenvalue weighted by molar-refractivity contribution is 5.84. The largest absolute Gasteiger partial charge is 0.444 e. The number of ketones is 1. The lowest BCUT2D eigenvalue weighted by atomic mass is 9.76. The highest BCUT2D eigenvalue weighted by Crippen LogP contribution is 2.38. The summed E-state index contributed by atoms with van der Waals surface area (Å²) in [6.07, 6.45) is 4.93. The van der Waals surface area contributed by atoms with E-state index < -0.39 is 5.60 Å². The molecule has 1 aromatic rings. The van der Waals surface area contributed by atoms with Crippen LogP contribution in [0.3, 0.4) is 0 Å². The molecule has 2 heterocycles. The van der Waals surface area contributed by atoms with Crippen LogP contribution in [0.5, 0.6) is 0 Å². The van der Waals surface area contributed by atoms with Gasteiger partial charge in [-0.15, -0.1) is 0 Å². The molecule has 1 aromatic carbocycles. The Hall–Kier alpha value is -1.84. The molecular weight excluding hydrogens is 338 g/mol. The summed E-state index contributed by atoms with van der Waals surface area (Å²) in [5, 5.41) is 0. The molecule has 0 radical (unpaired) electrons. The summed E-state index contributed by atoms with van der Waals surface area (Å²) in [4.78, 5) is 27.7. The number of fused-ring (bicyclic) bond motifs is 2. The molecule has 0 saturated carbocycles. The Morgan fingerprint density at radius 3 is 2.33 bits per heavy atom. The quantitative estimate of drug-likeness (QED) is 0.752. The maximum atomic E-state index is 13.0. The van der Waals surface area contributed by atoms with Gasteiger partial charge in [0.15, 0.2) is 0 Å². The lowest BCUT2D eigenvalue weighted by molar-refractivity contribution is -0.126. The first kappa shape index (κ1) is 19.9. The predicted molar refractivity (Wildman–Crippen MR) is 107 cm³/mol. The topological polar surface area (TPSA) is 46.6 Å². The minimum Gasteiger partial charge on any atom is -0.444 e. The molecule has 2 bridgehead atoms. The summed E-state index contributed by atoms with van der Waals surface area (Å²) in [6, 6.07) is 6.47. The zero-order valence-corrected chi connectivity index (χ0v) is 17.4. The van der Waals surface area contributed by atoms with Gasteiger partial charge in [0.05, 0.1) is 0 Å². The van der Waals surface area contributed by atoms with Gasteiger partial charge in [-0.2, -0.15) is 0 Å². The zero-order valence-electron chi connectivity index (χ0n) is 17.4. The second-order valence-electron chi connectivity index (χ2n) is 9.30. The maximum Gasteiger partial charge on any atom is 0.410 e. The first-order valence-corrected chi connectivity index (χ1v) is 10.2. The Balaban J connectivity index is 1.69. The summed E-state index contributed by atoms with van der Waals surface area (Å²) in [5.74, 6) is 0.378. The van der Waals surface area contributed by atoms with Crippen molar-refractivity contribution in [2.75, 3.05) is 0 Å². The molecule has 2 aliphatic heterocycles. The minimum absolute atomic E-state index is 0.0545.